The smallest absolute Gasteiger partial charge is 0.251 e. The minimum Gasteiger partial charge on any atom is -0.374 e. The Labute approximate surface area is 121 Å². The molecular weight excluding hydrogens is 318 g/mol. The van der Waals surface area contributed by atoms with E-state index in [-0.39, 0.29) is 11.5 Å². The van der Waals surface area contributed by atoms with Gasteiger partial charge in [-0.2, -0.15) is 0 Å². The van der Waals surface area contributed by atoms with Crippen LogP contribution in [0.4, 0.5) is 0 Å². The lowest BCUT2D eigenvalue weighted by molar-refractivity contribution is -0.00815. The van der Waals surface area contributed by atoms with E-state index in [1.807, 2.05) is 20.8 Å². The Bertz CT molecular complexity index is 435. The molecule has 0 heterocycles. The first-order valence-electron chi connectivity index (χ1n) is 5.73. The summed E-state index contributed by atoms with van der Waals surface area (Å²) in [6.45, 7) is 6.87. The van der Waals surface area contributed by atoms with Gasteiger partial charge in [0.15, 0.2) is 0 Å². The summed E-state index contributed by atoms with van der Waals surface area (Å²) < 4.78 is 6.28. The van der Waals surface area contributed by atoms with Crippen molar-refractivity contribution in [2.45, 2.75) is 26.4 Å². The highest BCUT2D eigenvalue weighted by Gasteiger charge is 2.19. The van der Waals surface area contributed by atoms with Gasteiger partial charge in [-0.3, -0.25) is 4.79 Å². The number of carbonyl (C=O) groups excluding carboxylic acids is 1. The van der Waals surface area contributed by atoms with Crippen LogP contribution in [0.2, 0.25) is 5.02 Å². The molecule has 0 unspecified atom stereocenters. The van der Waals surface area contributed by atoms with Crippen molar-refractivity contribution < 1.29 is 9.53 Å². The van der Waals surface area contributed by atoms with Crippen LogP contribution in [0.3, 0.4) is 0 Å². The maximum absolute atomic E-state index is 11.9. The molecule has 1 aromatic carbocycles. The quantitative estimate of drug-likeness (QED) is 0.892. The van der Waals surface area contributed by atoms with Crippen LogP contribution in [0.1, 0.15) is 31.1 Å². The maximum Gasteiger partial charge on any atom is 0.251 e. The predicted molar refractivity (Wildman–Crippen MR) is 77.2 cm³/mol. The van der Waals surface area contributed by atoms with Gasteiger partial charge in [-0.15, -0.1) is 0 Å². The Balaban J connectivity index is 2.63. The molecule has 0 saturated carbocycles. The third kappa shape index (κ3) is 4.59. The number of ether oxygens (including phenoxy) is 1. The molecular formula is C13H17BrClNO2. The third-order valence-corrected chi connectivity index (χ3v) is 3.62. The van der Waals surface area contributed by atoms with Crippen molar-refractivity contribution in [1.29, 1.82) is 0 Å². The van der Waals surface area contributed by atoms with Gasteiger partial charge in [0, 0.05) is 23.2 Å². The van der Waals surface area contributed by atoms with E-state index in [4.69, 9.17) is 16.3 Å². The zero-order valence-electron chi connectivity index (χ0n) is 10.7. The second-order valence-corrected chi connectivity index (χ2v) is 5.77. The molecule has 0 aliphatic rings. The molecule has 0 aliphatic carbocycles. The molecule has 1 rings (SSSR count). The molecule has 1 N–H and O–H groups in total. The van der Waals surface area contributed by atoms with Crippen molar-refractivity contribution in [2.24, 2.45) is 0 Å². The average Bonchev–Trinajstić information content (AvgIpc) is 2.30. The number of carbonyl (C=O) groups is 1. The van der Waals surface area contributed by atoms with Crippen LogP contribution >= 0.6 is 27.5 Å². The fourth-order valence-electron chi connectivity index (χ4n) is 1.47. The second-order valence-electron chi connectivity index (χ2n) is 4.50. The third-order valence-electron chi connectivity index (χ3n) is 2.39. The number of hydrogen-bond donors (Lipinski definition) is 1. The van der Waals surface area contributed by atoms with Gasteiger partial charge in [-0.25, -0.2) is 0 Å². The molecule has 18 heavy (non-hydrogen) atoms. The molecule has 0 aromatic heterocycles. The molecule has 3 nitrogen and oxygen atoms in total. The summed E-state index contributed by atoms with van der Waals surface area (Å²) in [5.74, 6) is -0.155. The molecule has 0 radical (unpaired) electrons. The highest BCUT2D eigenvalue weighted by atomic mass is 79.9. The summed E-state index contributed by atoms with van der Waals surface area (Å²) in [4.78, 5) is 11.9. The second kappa shape index (κ2) is 6.55. The monoisotopic (exact) mass is 333 g/mol. The van der Waals surface area contributed by atoms with Crippen LogP contribution in [-0.2, 0) is 4.74 Å². The van der Waals surface area contributed by atoms with E-state index in [9.17, 15) is 4.79 Å². The maximum atomic E-state index is 11.9. The standard InChI is InChI=1S/C13H17BrClNO2/c1-4-18-13(2,3)8-16-12(17)9-5-6-10(14)11(15)7-9/h5-7H,4,8H2,1-3H3,(H,16,17). The fraction of sp³-hybridized carbons (Fsp3) is 0.462. The van der Waals surface area contributed by atoms with E-state index in [0.717, 1.165) is 4.47 Å². The number of rotatable bonds is 5. The summed E-state index contributed by atoms with van der Waals surface area (Å²) in [5.41, 5.74) is 0.166. The van der Waals surface area contributed by atoms with Gasteiger partial charge in [0.25, 0.3) is 5.91 Å². The summed E-state index contributed by atoms with van der Waals surface area (Å²) in [6.07, 6.45) is 0. The summed E-state index contributed by atoms with van der Waals surface area (Å²) in [5, 5.41) is 3.35. The van der Waals surface area contributed by atoms with Crippen molar-refractivity contribution in [3.63, 3.8) is 0 Å². The molecule has 0 fully saturated rings. The van der Waals surface area contributed by atoms with Crippen molar-refractivity contribution in [3.8, 4) is 0 Å². The highest BCUT2D eigenvalue weighted by Crippen LogP contribution is 2.23. The average molecular weight is 335 g/mol. The Kier molecular flexibility index (Phi) is 5.63. The SMILES string of the molecule is CCOC(C)(C)CNC(=O)c1ccc(Br)c(Cl)c1. The number of amides is 1. The first-order valence-corrected chi connectivity index (χ1v) is 6.90. The Hall–Kier alpha value is -0.580. The van der Waals surface area contributed by atoms with Crippen molar-refractivity contribution in [2.75, 3.05) is 13.2 Å². The Morgan fingerprint density at radius 3 is 2.72 bits per heavy atom. The van der Waals surface area contributed by atoms with Gasteiger partial charge < -0.3 is 10.1 Å². The van der Waals surface area contributed by atoms with Crippen LogP contribution in [-0.4, -0.2) is 24.7 Å². The zero-order chi connectivity index (χ0) is 13.8. The van der Waals surface area contributed by atoms with Gasteiger partial charge in [0.2, 0.25) is 0 Å². The van der Waals surface area contributed by atoms with Crippen LogP contribution < -0.4 is 5.32 Å². The van der Waals surface area contributed by atoms with Crippen molar-refractivity contribution in [3.05, 3.63) is 33.3 Å². The van der Waals surface area contributed by atoms with Gasteiger partial charge in [-0.1, -0.05) is 11.6 Å². The van der Waals surface area contributed by atoms with Crippen LogP contribution in [0.15, 0.2) is 22.7 Å². The lowest BCUT2D eigenvalue weighted by atomic mass is 10.1. The molecule has 5 heteroatoms. The molecule has 0 atom stereocenters. The number of benzene rings is 1. The van der Waals surface area contributed by atoms with E-state index in [1.165, 1.54) is 0 Å². The largest absolute Gasteiger partial charge is 0.374 e. The summed E-state index contributed by atoms with van der Waals surface area (Å²) in [6, 6.07) is 5.11. The van der Waals surface area contributed by atoms with E-state index in [0.29, 0.717) is 23.7 Å². The van der Waals surface area contributed by atoms with E-state index in [1.54, 1.807) is 18.2 Å². The fourth-order valence-corrected chi connectivity index (χ4v) is 1.90. The number of nitrogens with one attached hydrogen (secondary N) is 1. The van der Waals surface area contributed by atoms with Crippen molar-refractivity contribution >= 4 is 33.4 Å². The summed E-state index contributed by atoms with van der Waals surface area (Å²) in [7, 11) is 0. The first kappa shape index (κ1) is 15.5. The molecule has 1 aromatic rings. The first-order chi connectivity index (χ1) is 8.35. The normalized spacial score (nSPS) is 11.4. The van der Waals surface area contributed by atoms with Crippen molar-refractivity contribution in [1.82, 2.24) is 5.32 Å². The topological polar surface area (TPSA) is 38.3 Å². The minimum atomic E-state index is -0.371. The molecule has 0 bridgehead atoms. The van der Waals surface area contributed by atoms with Gasteiger partial charge in [0.05, 0.1) is 10.6 Å². The zero-order valence-corrected chi connectivity index (χ0v) is 13.1. The predicted octanol–water partition coefficient (Wildman–Crippen LogP) is 3.65. The van der Waals surface area contributed by atoms with Gasteiger partial charge in [0.1, 0.15) is 0 Å². The van der Waals surface area contributed by atoms with Crippen LogP contribution in [0.25, 0.3) is 0 Å². The van der Waals surface area contributed by atoms with E-state index in [2.05, 4.69) is 21.2 Å². The molecule has 1 amide bonds. The van der Waals surface area contributed by atoms with Crippen LogP contribution in [0, 0.1) is 0 Å². The lowest BCUT2D eigenvalue weighted by Gasteiger charge is -2.24. The Morgan fingerprint density at radius 2 is 2.17 bits per heavy atom. The molecule has 100 valence electrons. The molecule has 0 spiro atoms. The molecule has 0 aliphatic heterocycles. The molecule has 0 saturated heterocycles. The van der Waals surface area contributed by atoms with Gasteiger partial charge in [-0.05, 0) is 54.9 Å². The summed E-state index contributed by atoms with van der Waals surface area (Å²) >= 11 is 9.23. The number of halogens is 2. The highest BCUT2D eigenvalue weighted by molar-refractivity contribution is 9.10. The van der Waals surface area contributed by atoms with E-state index >= 15 is 0 Å². The lowest BCUT2D eigenvalue weighted by Crippen LogP contribution is -2.40. The number of hydrogen-bond acceptors (Lipinski definition) is 2. The minimum absolute atomic E-state index is 0.155. The Morgan fingerprint density at radius 1 is 1.50 bits per heavy atom. The van der Waals surface area contributed by atoms with E-state index < -0.39 is 0 Å². The van der Waals surface area contributed by atoms with Crippen LogP contribution in [0.5, 0.6) is 0 Å². The van der Waals surface area contributed by atoms with Gasteiger partial charge >= 0.3 is 0 Å².